The van der Waals surface area contributed by atoms with Gasteiger partial charge in [-0.15, -0.1) is 0 Å². The predicted octanol–water partition coefficient (Wildman–Crippen LogP) is 1.82. The number of carbonyl (C=O) groups is 1. The molecule has 0 saturated carbocycles. The van der Waals surface area contributed by atoms with Crippen LogP contribution in [0.2, 0.25) is 0 Å². The molecule has 6 heteroatoms. The number of likely N-dealkylation sites (tertiary alicyclic amines) is 1. The van der Waals surface area contributed by atoms with E-state index in [1.807, 2.05) is 6.92 Å². The summed E-state index contributed by atoms with van der Waals surface area (Å²) in [5.41, 5.74) is -0.300. The first-order chi connectivity index (χ1) is 9.58. The van der Waals surface area contributed by atoms with Gasteiger partial charge in [-0.1, -0.05) is 6.92 Å². The van der Waals surface area contributed by atoms with Gasteiger partial charge >= 0.3 is 0 Å². The number of halogens is 2. The van der Waals surface area contributed by atoms with Crippen molar-refractivity contribution in [3.8, 4) is 0 Å². The van der Waals surface area contributed by atoms with E-state index < -0.39 is 17.7 Å². The van der Waals surface area contributed by atoms with Crippen molar-refractivity contribution in [2.45, 2.75) is 19.8 Å². The largest absolute Gasteiger partial charge is 0.352 e. The fraction of sp³-hybridized carbons (Fsp3) is 0.571. The number of nitrogens with zero attached hydrogens (tertiary/aromatic N) is 2. The van der Waals surface area contributed by atoms with E-state index in [-0.39, 0.29) is 11.5 Å². The van der Waals surface area contributed by atoms with Gasteiger partial charge in [0.15, 0.2) is 5.82 Å². The number of rotatable bonds is 5. The highest BCUT2D eigenvalue weighted by molar-refractivity contribution is 5.94. The minimum atomic E-state index is -1.25. The van der Waals surface area contributed by atoms with E-state index in [0.29, 0.717) is 6.54 Å². The Kier molecular flexibility index (Phi) is 5.00. The number of amides is 1. The lowest BCUT2D eigenvalue weighted by molar-refractivity contribution is 0.0939. The maximum atomic E-state index is 13.4. The van der Waals surface area contributed by atoms with Gasteiger partial charge < -0.3 is 10.2 Å². The third-order valence-electron chi connectivity index (χ3n) is 3.47. The van der Waals surface area contributed by atoms with Gasteiger partial charge in [-0.05, 0) is 37.9 Å². The quantitative estimate of drug-likeness (QED) is 0.838. The summed E-state index contributed by atoms with van der Waals surface area (Å²) in [5, 5.41) is 2.64. The lowest BCUT2D eigenvalue weighted by Crippen LogP contribution is -2.34. The molecule has 2 heterocycles. The summed E-state index contributed by atoms with van der Waals surface area (Å²) >= 11 is 0. The molecule has 1 unspecified atom stereocenters. The van der Waals surface area contributed by atoms with Crippen LogP contribution in [-0.4, -0.2) is 42.0 Å². The highest BCUT2D eigenvalue weighted by atomic mass is 19.2. The van der Waals surface area contributed by atoms with Crippen molar-refractivity contribution in [3.63, 3.8) is 0 Å². The fourth-order valence-electron chi connectivity index (χ4n) is 2.43. The average Bonchev–Trinajstić information content (AvgIpc) is 2.92. The summed E-state index contributed by atoms with van der Waals surface area (Å²) in [5.74, 6) is -2.77. The number of hydrogen-bond donors (Lipinski definition) is 1. The van der Waals surface area contributed by atoms with Gasteiger partial charge in [0, 0.05) is 19.3 Å². The molecule has 4 nitrogen and oxygen atoms in total. The number of nitrogens with one attached hydrogen (secondary N) is 1. The smallest absolute Gasteiger partial charge is 0.254 e. The first kappa shape index (κ1) is 14.8. The van der Waals surface area contributed by atoms with Gasteiger partial charge in [-0.25, -0.2) is 9.37 Å². The predicted molar refractivity (Wildman–Crippen MR) is 71.3 cm³/mol. The molecule has 1 aromatic heterocycles. The van der Waals surface area contributed by atoms with Gasteiger partial charge in [-0.2, -0.15) is 4.39 Å². The molecular weight excluding hydrogens is 264 g/mol. The molecule has 0 aromatic carbocycles. The molecular formula is C14H19F2N3O. The summed E-state index contributed by atoms with van der Waals surface area (Å²) in [7, 11) is 0. The third kappa shape index (κ3) is 3.72. The summed E-state index contributed by atoms with van der Waals surface area (Å²) in [4.78, 5) is 17.3. The van der Waals surface area contributed by atoms with Crippen LogP contribution in [0.4, 0.5) is 8.78 Å². The van der Waals surface area contributed by atoms with Crippen molar-refractivity contribution >= 4 is 5.91 Å². The van der Waals surface area contributed by atoms with Crippen LogP contribution < -0.4 is 5.32 Å². The molecule has 0 bridgehead atoms. The van der Waals surface area contributed by atoms with Crippen molar-refractivity contribution in [2.75, 3.05) is 26.2 Å². The summed E-state index contributed by atoms with van der Waals surface area (Å²) < 4.78 is 26.3. The molecule has 20 heavy (non-hydrogen) atoms. The molecule has 1 fully saturated rings. The molecule has 0 radical (unpaired) electrons. The summed E-state index contributed by atoms with van der Waals surface area (Å²) in [6, 6.07) is 1.18. The zero-order valence-electron chi connectivity index (χ0n) is 11.5. The lowest BCUT2D eigenvalue weighted by Gasteiger charge is -2.20. The normalized spacial score (nSPS) is 17.1. The maximum absolute atomic E-state index is 13.4. The minimum absolute atomic E-state index is 0.270. The maximum Gasteiger partial charge on any atom is 0.254 e. The number of pyridine rings is 1. The van der Waals surface area contributed by atoms with Crippen LogP contribution in [0.5, 0.6) is 0 Å². The van der Waals surface area contributed by atoms with Crippen molar-refractivity contribution in [2.24, 2.45) is 5.92 Å². The van der Waals surface area contributed by atoms with Crippen LogP contribution in [0.3, 0.4) is 0 Å². The molecule has 1 N–H and O–H groups in total. The van der Waals surface area contributed by atoms with Crippen LogP contribution >= 0.6 is 0 Å². The van der Waals surface area contributed by atoms with E-state index in [9.17, 15) is 13.6 Å². The second-order valence-corrected chi connectivity index (χ2v) is 5.29. The van der Waals surface area contributed by atoms with Gasteiger partial charge in [0.25, 0.3) is 5.91 Å². The molecule has 2 rings (SSSR count). The Morgan fingerprint density at radius 2 is 2.15 bits per heavy atom. The van der Waals surface area contributed by atoms with Crippen molar-refractivity contribution in [1.29, 1.82) is 0 Å². The summed E-state index contributed by atoms with van der Waals surface area (Å²) in [6.07, 6.45) is 3.53. The highest BCUT2D eigenvalue weighted by Gasteiger charge is 2.18. The Bertz CT molecular complexity index is 475. The number of carbonyl (C=O) groups excluding carboxylic acids is 1. The van der Waals surface area contributed by atoms with E-state index in [0.717, 1.165) is 25.8 Å². The Morgan fingerprint density at radius 1 is 1.45 bits per heavy atom. The van der Waals surface area contributed by atoms with Crippen LogP contribution in [-0.2, 0) is 0 Å². The van der Waals surface area contributed by atoms with Crippen molar-refractivity contribution in [1.82, 2.24) is 15.2 Å². The SMILES string of the molecule is CC(CNC(=O)c1ccnc(F)c1F)CN1CCCC1. The minimum Gasteiger partial charge on any atom is -0.352 e. The van der Waals surface area contributed by atoms with Crippen LogP contribution in [0.15, 0.2) is 12.3 Å². The van der Waals surface area contributed by atoms with Crippen molar-refractivity contribution in [3.05, 3.63) is 29.6 Å². The molecule has 1 aliphatic heterocycles. The first-order valence-electron chi connectivity index (χ1n) is 6.88. The number of aromatic nitrogens is 1. The van der Waals surface area contributed by atoms with E-state index in [1.165, 1.54) is 18.9 Å². The van der Waals surface area contributed by atoms with E-state index in [4.69, 9.17) is 0 Å². The molecule has 1 atom stereocenters. The topological polar surface area (TPSA) is 45.2 Å². The average molecular weight is 283 g/mol. The van der Waals surface area contributed by atoms with Crippen LogP contribution in [0.25, 0.3) is 0 Å². The van der Waals surface area contributed by atoms with E-state index in [2.05, 4.69) is 15.2 Å². The third-order valence-corrected chi connectivity index (χ3v) is 3.47. The zero-order chi connectivity index (χ0) is 14.5. The van der Waals surface area contributed by atoms with Crippen molar-refractivity contribution < 1.29 is 13.6 Å². The first-order valence-corrected chi connectivity index (χ1v) is 6.88. The lowest BCUT2D eigenvalue weighted by atomic mass is 10.1. The highest BCUT2D eigenvalue weighted by Crippen LogP contribution is 2.11. The molecule has 1 aliphatic rings. The van der Waals surface area contributed by atoms with Crippen LogP contribution in [0.1, 0.15) is 30.1 Å². The van der Waals surface area contributed by atoms with Gasteiger partial charge in [0.2, 0.25) is 5.95 Å². The molecule has 0 aliphatic carbocycles. The van der Waals surface area contributed by atoms with E-state index >= 15 is 0 Å². The van der Waals surface area contributed by atoms with Gasteiger partial charge in [-0.3, -0.25) is 4.79 Å². The Balaban J connectivity index is 1.83. The standard InChI is InChI=1S/C14H19F2N3O/c1-10(9-19-6-2-3-7-19)8-18-14(20)11-4-5-17-13(16)12(11)15/h4-5,10H,2-3,6-9H2,1H3,(H,18,20). The van der Waals surface area contributed by atoms with Gasteiger partial charge in [0.1, 0.15) is 0 Å². The molecule has 1 aromatic rings. The zero-order valence-corrected chi connectivity index (χ0v) is 11.5. The van der Waals surface area contributed by atoms with Crippen LogP contribution in [0, 0.1) is 17.7 Å². The Labute approximate surface area is 117 Å². The van der Waals surface area contributed by atoms with Gasteiger partial charge in [0.05, 0.1) is 5.56 Å². The molecule has 1 amide bonds. The molecule has 0 spiro atoms. The number of hydrogen-bond acceptors (Lipinski definition) is 3. The van der Waals surface area contributed by atoms with E-state index in [1.54, 1.807) is 0 Å². The second kappa shape index (κ2) is 6.74. The monoisotopic (exact) mass is 283 g/mol. The second-order valence-electron chi connectivity index (χ2n) is 5.29. The summed E-state index contributed by atoms with van der Waals surface area (Å²) in [6.45, 7) is 5.58. The molecule has 110 valence electrons. The molecule has 1 saturated heterocycles. The Morgan fingerprint density at radius 3 is 2.85 bits per heavy atom. The fourth-order valence-corrected chi connectivity index (χ4v) is 2.43. The Hall–Kier alpha value is -1.56.